The van der Waals surface area contributed by atoms with Gasteiger partial charge in [0.2, 0.25) is 0 Å². The van der Waals surface area contributed by atoms with Crippen LogP contribution in [0.5, 0.6) is 0 Å². The minimum Gasteiger partial charge on any atom is -0.383 e. The molecular weight excluding hydrogens is 335 g/mol. The van der Waals surface area contributed by atoms with Crippen LogP contribution in [0.25, 0.3) is 0 Å². The Labute approximate surface area is 115 Å². The van der Waals surface area contributed by atoms with Crippen molar-refractivity contribution in [1.82, 2.24) is 5.32 Å². The number of para-hydroxylation sites is 1. The van der Waals surface area contributed by atoms with E-state index in [1.54, 1.807) is 7.11 Å². The number of rotatable bonds is 4. The van der Waals surface area contributed by atoms with E-state index in [-0.39, 0.29) is 6.04 Å². The molecule has 1 aromatic carbocycles. The summed E-state index contributed by atoms with van der Waals surface area (Å²) in [5.41, 5.74) is 1.02. The van der Waals surface area contributed by atoms with E-state index in [4.69, 9.17) is 17.0 Å². The number of benzene rings is 1. The molecule has 1 aromatic rings. The number of nitrogens with one attached hydrogen (secondary N) is 2. The van der Waals surface area contributed by atoms with E-state index >= 15 is 0 Å². The van der Waals surface area contributed by atoms with Crippen molar-refractivity contribution in [1.29, 1.82) is 0 Å². The van der Waals surface area contributed by atoms with E-state index < -0.39 is 0 Å². The van der Waals surface area contributed by atoms with Gasteiger partial charge in [-0.05, 0) is 53.9 Å². The van der Waals surface area contributed by atoms with Crippen LogP contribution in [0.15, 0.2) is 24.3 Å². The molecule has 0 saturated heterocycles. The molecule has 0 radical (unpaired) electrons. The molecular formula is C11H15IN2OS. The van der Waals surface area contributed by atoms with Gasteiger partial charge in [0.25, 0.3) is 0 Å². The van der Waals surface area contributed by atoms with Crippen LogP contribution in [0.1, 0.15) is 6.92 Å². The van der Waals surface area contributed by atoms with Gasteiger partial charge in [-0.15, -0.1) is 0 Å². The Hall–Kier alpha value is -0.400. The maximum absolute atomic E-state index is 5.20. The average molecular weight is 350 g/mol. The molecule has 16 heavy (non-hydrogen) atoms. The van der Waals surface area contributed by atoms with Gasteiger partial charge in [0.15, 0.2) is 5.11 Å². The van der Waals surface area contributed by atoms with Crippen molar-refractivity contribution in [3.05, 3.63) is 27.8 Å². The van der Waals surface area contributed by atoms with Crippen LogP contribution < -0.4 is 10.6 Å². The Bertz CT molecular complexity index is 360. The van der Waals surface area contributed by atoms with E-state index in [2.05, 4.69) is 33.2 Å². The van der Waals surface area contributed by atoms with E-state index in [9.17, 15) is 0 Å². The Morgan fingerprint density at radius 3 is 2.81 bits per heavy atom. The smallest absolute Gasteiger partial charge is 0.171 e. The highest BCUT2D eigenvalue weighted by atomic mass is 127. The topological polar surface area (TPSA) is 33.3 Å². The summed E-state index contributed by atoms with van der Waals surface area (Å²) < 4.78 is 6.17. The minimum atomic E-state index is 0.200. The lowest BCUT2D eigenvalue weighted by Crippen LogP contribution is -2.38. The van der Waals surface area contributed by atoms with Crippen LogP contribution in [-0.2, 0) is 4.74 Å². The van der Waals surface area contributed by atoms with Crippen molar-refractivity contribution in [3.8, 4) is 0 Å². The van der Waals surface area contributed by atoms with Gasteiger partial charge in [0.1, 0.15) is 0 Å². The van der Waals surface area contributed by atoms with Crippen molar-refractivity contribution in [2.45, 2.75) is 13.0 Å². The first kappa shape index (κ1) is 13.7. The lowest BCUT2D eigenvalue weighted by Gasteiger charge is -2.16. The van der Waals surface area contributed by atoms with Gasteiger partial charge in [0, 0.05) is 16.7 Å². The highest BCUT2D eigenvalue weighted by molar-refractivity contribution is 14.1. The minimum absolute atomic E-state index is 0.200. The van der Waals surface area contributed by atoms with Gasteiger partial charge in [-0.1, -0.05) is 12.1 Å². The van der Waals surface area contributed by atoms with Gasteiger partial charge in [-0.25, -0.2) is 0 Å². The third-order valence-electron chi connectivity index (χ3n) is 1.92. The van der Waals surface area contributed by atoms with E-state index in [0.717, 1.165) is 9.26 Å². The second-order valence-corrected chi connectivity index (χ2v) is 5.01. The molecule has 0 bridgehead atoms. The summed E-state index contributed by atoms with van der Waals surface area (Å²) >= 11 is 7.47. The highest BCUT2D eigenvalue weighted by Gasteiger charge is 2.04. The van der Waals surface area contributed by atoms with Gasteiger partial charge < -0.3 is 15.4 Å². The number of halogens is 1. The Balaban J connectivity index is 2.49. The predicted molar refractivity (Wildman–Crippen MR) is 79.9 cm³/mol. The molecule has 0 aliphatic rings. The lowest BCUT2D eigenvalue weighted by atomic mass is 10.3. The first-order chi connectivity index (χ1) is 7.63. The molecule has 2 N–H and O–H groups in total. The molecule has 0 fully saturated rings. The zero-order valence-electron chi connectivity index (χ0n) is 9.29. The molecule has 1 unspecified atom stereocenters. The number of ether oxygens (including phenoxy) is 1. The molecule has 0 amide bonds. The first-order valence-corrected chi connectivity index (χ1v) is 6.43. The first-order valence-electron chi connectivity index (χ1n) is 4.94. The van der Waals surface area contributed by atoms with E-state index in [1.165, 1.54) is 0 Å². The standard InChI is InChI=1S/C11H15IN2OS/c1-8(7-15-2)13-11(16)14-10-6-4-3-5-9(10)12/h3-6,8H,7H2,1-2H3,(H2,13,14,16). The van der Waals surface area contributed by atoms with Gasteiger partial charge >= 0.3 is 0 Å². The van der Waals surface area contributed by atoms with Crippen LogP contribution in [0, 0.1) is 3.57 Å². The van der Waals surface area contributed by atoms with Crippen LogP contribution in [0.3, 0.4) is 0 Å². The molecule has 0 aromatic heterocycles. The van der Waals surface area contributed by atoms with Gasteiger partial charge in [-0.2, -0.15) is 0 Å². The Morgan fingerprint density at radius 2 is 2.19 bits per heavy atom. The Morgan fingerprint density at radius 1 is 1.50 bits per heavy atom. The van der Waals surface area contributed by atoms with Crippen molar-refractivity contribution in [2.75, 3.05) is 19.0 Å². The van der Waals surface area contributed by atoms with Crippen molar-refractivity contribution in [2.24, 2.45) is 0 Å². The summed E-state index contributed by atoms with van der Waals surface area (Å²) in [6.07, 6.45) is 0. The fraction of sp³-hybridized carbons (Fsp3) is 0.364. The molecule has 0 aliphatic carbocycles. The molecule has 1 rings (SSSR count). The molecule has 3 nitrogen and oxygen atoms in total. The molecule has 0 heterocycles. The van der Waals surface area contributed by atoms with Gasteiger partial charge in [-0.3, -0.25) is 0 Å². The monoisotopic (exact) mass is 350 g/mol. The summed E-state index contributed by atoms with van der Waals surface area (Å²) in [5, 5.41) is 6.92. The molecule has 0 aliphatic heterocycles. The maximum Gasteiger partial charge on any atom is 0.171 e. The van der Waals surface area contributed by atoms with Crippen molar-refractivity contribution < 1.29 is 4.74 Å². The SMILES string of the molecule is COCC(C)NC(=S)Nc1ccccc1I. The second kappa shape index (κ2) is 7.03. The zero-order valence-corrected chi connectivity index (χ0v) is 12.3. The fourth-order valence-corrected chi connectivity index (χ4v) is 2.07. The molecule has 5 heteroatoms. The number of hydrogen-bond acceptors (Lipinski definition) is 2. The summed E-state index contributed by atoms with van der Waals surface area (Å²) in [7, 11) is 1.68. The van der Waals surface area contributed by atoms with Crippen LogP contribution in [-0.4, -0.2) is 24.9 Å². The third kappa shape index (κ3) is 4.63. The quantitative estimate of drug-likeness (QED) is 0.646. The molecule has 88 valence electrons. The van der Waals surface area contributed by atoms with Crippen molar-refractivity contribution >= 4 is 45.6 Å². The number of anilines is 1. The van der Waals surface area contributed by atoms with E-state index in [1.807, 2.05) is 31.2 Å². The normalized spacial score (nSPS) is 11.9. The summed E-state index contributed by atoms with van der Waals surface area (Å²) in [6.45, 7) is 2.65. The molecule has 1 atom stereocenters. The fourth-order valence-electron chi connectivity index (χ4n) is 1.24. The molecule has 0 spiro atoms. The van der Waals surface area contributed by atoms with Crippen LogP contribution in [0.2, 0.25) is 0 Å². The highest BCUT2D eigenvalue weighted by Crippen LogP contribution is 2.16. The van der Waals surface area contributed by atoms with E-state index in [0.29, 0.717) is 11.7 Å². The van der Waals surface area contributed by atoms with Crippen molar-refractivity contribution in [3.63, 3.8) is 0 Å². The number of hydrogen-bond donors (Lipinski definition) is 2. The van der Waals surface area contributed by atoms with Gasteiger partial charge in [0.05, 0.1) is 12.3 Å². The predicted octanol–water partition coefficient (Wildman–Crippen LogP) is 2.61. The van der Waals surface area contributed by atoms with Crippen LogP contribution in [0.4, 0.5) is 5.69 Å². The van der Waals surface area contributed by atoms with Crippen LogP contribution >= 0.6 is 34.8 Å². The second-order valence-electron chi connectivity index (χ2n) is 3.43. The summed E-state index contributed by atoms with van der Waals surface area (Å²) in [4.78, 5) is 0. The largest absolute Gasteiger partial charge is 0.383 e. The lowest BCUT2D eigenvalue weighted by molar-refractivity contribution is 0.179. The number of methoxy groups -OCH3 is 1. The third-order valence-corrected chi connectivity index (χ3v) is 3.08. The Kier molecular flexibility index (Phi) is 6.00. The summed E-state index contributed by atoms with van der Waals surface area (Å²) in [6, 6.07) is 8.20. The molecule has 0 saturated carbocycles. The average Bonchev–Trinajstić information content (AvgIpc) is 2.21. The zero-order chi connectivity index (χ0) is 12.0. The number of thiocarbonyl (C=S) groups is 1. The summed E-state index contributed by atoms with van der Waals surface area (Å²) in [5.74, 6) is 0. The maximum atomic E-state index is 5.20.